The lowest BCUT2D eigenvalue weighted by atomic mass is 10.1. The predicted octanol–water partition coefficient (Wildman–Crippen LogP) is 3.89. The van der Waals surface area contributed by atoms with Crippen molar-refractivity contribution in [2.45, 2.75) is 5.22 Å². The van der Waals surface area contributed by atoms with Gasteiger partial charge in [-0.25, -0.2) is 4.98 Å². The highest BCUT2D eigenvalue weighted by atomic mass is 32.2. The number of benzene rings is 2. The number of oxazole rings is 1. The van der Waals surface area contributed by atoms with Crippen LogP contribution in [0, 0.1) is 0 Å². The van der Waals surface area contributed by atoms with Gasteiger partial charge in [-0.2, -0.15) is 0 Å². The van der Waals surface area contributed by atoms with Gasteiger partial charge in [0.05, 0.1) is 0 Å². The maximum absolute atomic E-state index is 10.7. The molecule has 0 spiro atoms. The average molecular weight is 327 g/mol. The monoisotopic (exact) mass is 327 g/mol. The number of phenolic OH excluding ortho intramolecular Hbond substituents is 1. The largest absolute Gasteiger partial charge is 0.508 e. The molecular weight excluding hydrogens is 314 g/mol. The van der Waals surface area contributed by atoms with E-state index in [1.807, 2.05) is 30.3 Å². The Bertz CT molecular complexity index is 812. The van der Waals surface area contributed by atoms with Crippen molar-refractivity contribution < 1.29 is 19.4 Å². The smallest absolute Gasteiger partial charge is 0.314 e. The zero-order chi connectivity index (χ0) is 16.2. The highest BCUT2D eigenvalue weighted by Crippen LogP contribution is 2.35. The third kappa shape index (κ3) is 3.54. The van der Waals surface area contributed by atoms with E-state index in [0.717, 1.165) is 22.9 Å². The van der Waals surface area contributed by atoms with Gasteiger partial charge in [0.2, 0.25) is 0 Å². The van der Waals surface area contributed by atoms with Crippen LogP contribution in [-0.4, -0.2) is 26.9 Å². The first-order valence-corrected chi connectivity index (χ1v) is 7.82. The summed E-state index contributed by atoms with van der Waals surface area (Å²) in [7, 11) is 0. The summed E-state index contributed by atoms with van der Waals surface area (Å²) in [6, 6.07) is 16.1. The topological polar surface area (TPSA) is 83.6 Å². The number of thioether (sulfide) groups is 1. The molecule has 1 aromatic heterocycles. The number of nitrogens with zero attached hydrogens (tertiary/aromatic N) is 1. The van der Waals surface area contributed by atoms with Gasteiger partial charge in [-0.1, -0.05) is 42.1 Å². The fourth-order valence-electron chi connectivity index (χ4n) is 2.09. The zero-order valence-electron chi connectivity index (χ0n) is 12.0. The fraction of sp³-hybridized carbons (Fsp3) is 0.0588. The van der Waals surface area contributed by atoms with Gasteiger partial charge in [0.1, 0.15) is 17.2 Å². The van der Waals surface area contributed by atoms with Gasteiger partial charge < -0.3 is 14.6 Å². The van der Waals surface area contributed by atoms with Crippen molar-refractivity contribution in [2.24, 2.45) is 0 Å². The lowest BCUT2D eigenvalue weighted by molar-refractivity contribution is -0.133. The summed E-state index contributed by atoms with van der Waals surface area (Å²) in [5.41, 5.74) is 2.25. The Labute approximate surface area is 136 Å². The molecule has 0 aliphatic heterocycles. The molecule has 116 valence electrons. The number of carboxylic acid groups (broad SMARTS) is 1. The minimum absolute atomic E-state index is 0.121. The quantitative estimate of drug-likeness (QED) is 0.692. The first-order valence-electron chi connectivity index (χ1n) is 6.84. The normalized spacial score (nSPS) is 10.6. The number of hydrogen-bond acceptors (Lipinski definition) is 5. The Morgan fingerprint density at radius 1 is 1.04 bits per heavy atom. The van der Waals surface area contributed by atoms with E-state index >= 15 is 0 Å². The highest BCUT2D eigenvalue weighted by molar-refractivity contribution is 7.99. The Morgan fingerprint density at radius 3 is 2.39 bits per heavy atom. The summed E-state index contributed by atoms with van der Waals surface area (Å²) in [4.78, 5) is 15.1. The van der Waals surface area contributed by atoms with Gasteiger partial charge in [0, 0.05) is 11.1 Å². The molecule has 3 aromatic rings. The molecule has 0 aliphatic rings. The molecule has 6 heteroatoms. The second-order valence-electron chi connectivity index (χ2n) is 4.75. The van der Waals surface area contributed by atoms with Crippen LogP contribution in [0.4, 0.5) is 0 Å². The van der Waals surface area contributed by atoms with Gasteiger partial charge in [0.15, 0.2) is 5.76 Å². The van der Waals surface area contributed by atoms with E-state index in [9.17, 15) is 9.90 Å². The Kier molecular flexibility index (Phi) is 4.34. The van der Waals surface area contributed by atoms with Gasteiger partial charge in [-0.05, 0) is 24.3 Å². The minimum Gasteiger partial charge on any atom is -0.508 e. The van der Waals surface area contributed by atoms with Crippen LogP contribution in [0.5, 0.6) is 5.75 Å². The third-order valence-corrected chi connectivity index (χ3v) is 3.92. The molecule has 0 atom stereocenters. The zero-order valence-corrected chi connectivity index (χ0v) is 12.8. The van der Waals surface area contributed by atoms with Crippen LogP contribution in [0.2, 0.25) is 0 Å². The molecular formula is C17H13NO4S. The SMILES string of the molecule is O=C(O)CSc1nc(-c2ccc(O)cc2)c(-c2ccccc2)o1. The lowest BCUT2D eigenvalue weighted by Crippen LogP contribution is -1.97. The first-order chi connectivity index (χ1) is 11.1. The number of carbonyl (C=O) groups is 1. The second-order valence-corrected chi connectivity index (χ2v) is 5.68. The van der Waals surface area contributed by atoms with E-state index in [1.54, 1.807) is 24.3 Å². The van der Waals surface area contributed by atoms with Crippen molar-refractivity contribution >= 4 is 17.7 Å². The number of aliphatic carboxylic acids is 1. The van der Waals surface area contributed by atoms with Crippen LogP contribution in [0.3, 0.4) is 0 Å². The number of rotatable bonds is 5. The number of phenols is 1. The summed E-state index contributed by atoms with van der Waals surface area (Å²) < 4.78 is 5.76. The van der Waals surface area contributed by atoms with Crippen molar-refractivity contribution in [3.05, 3.63) is 54.6 Å². The highest BCUT2D eigenvalue weighted by Gasteiger charge is 2.17. The number of carboxylic acids is 1. The van der Waals surface area contributed by atoms with Gasteiger partial charge in [-0.15, -0.1) is 0 Å². The number of hydrogen-bond donors (Lipinski definition) is 2. The number of aromatic nitrogens is 1. The van der Waals surface area contributed by atoms with E-state index in [2.05, 4.69) is 4.98 Å². The Balaban J connectivity index is 2.05. The van der Waals surface area contributed by atoms with Gasteiger partial charge in [0.25, 0.3) is 5.22 Å². The Morgan fingerprint density at radius 2 is 1.74 bits per heavy atom. The molecule has 0 fully saturated rings. The lowest BCUT2D eigenvalue weighted by Gasteiger charge is -2.01. The fourth-order valence-corrected chi connectivity index (χ4v) is 2.63. The van der Waals surface area contributed by atoms with Crippen LogP contribution >= 0.6 is 11.8 Å². The molecule has 0 bridgehead atoms. The van der Waals surface area contributed by atoms with Crippen molar-refractivity contribution in [3.63, 3.8) is 0 Å². The molecule has 3 rings (SSSR count). The molecule has 0 radical (unpaired) electrons. The van der Waals surface area contributed by atoms with Crippen molar-refractivity contribution in [2.75, 3.05) is 5.75 Å². The third-order valence-electron chi connectivity index (χ3n) is 3.10. The Hall–Kier alpha value is -2.73. The standard InChI is InChI=1S/C17H13NO4S/c19-13-8-6-11(7-9-13)15-16(12-4-2-1-3-5-12)22-17(18-15)23-10-14(20)21/h1-9,19H,10H2,(H,20,21). The van der Waals surface area contributed by atoms with Gasteiger partial charge in [-0.3, -0.25) is 4.79 Å². The van der Waals surface area contributed by atoms with Crippen LogP contribution in [0.1, 0.15) is 0 Å². The minimum atomic E-state index is -0.930. The molecule has 0 saturated carbocycles. The number of aromatic hydroxyl groups is 1. The maximum atomic E-state index is 10.7. The van der Waals surface area contributed by atoms with E-state index in [4.69, 9.17) is 9.52 Å². The summed E-state index contributed by atoms with van der Waals surface area (Å²) >= 11 is 1.03. The molecule has 5 nitrogen and oxygen atoms in total. The molecule has 0 unspecified atom stereocenters. The maximum Gasteiger partial charge on any atom is 0.314 e. The summed E-state index contributed by atoms with van der Waals surface area (Å²) in [5.74, 6) is -0.312. The molecule has 0 aliphatic carbocycles. The van der Waals surface area contributed by atoms with Crippen LogP contribution in [0.15, 0.2) is 64.2 Å². The van der Waals surface area contributed by atoms with E-state index in [-0.39, 0.29) is 11.5 Å². The van der Waals surface area contributed by atoms with Crippen molar-refractivity contribution in [3.8, 4) is 28.3 Å². The summed E-state index contributed by atoms with van der Waals surface area (Å²) in [5, 5.41) is 18.5. The van der Waals surface area contributed by atoms with Crippen LogP contribution in [-0.2, 0) is 4.79 Å². The molecule has 0 saturated heterocycles. The van der Waals surface area contributed by atoms with Crippen molar-refractivity contribution in [1.82, 2.24) is 4.98 Å². The molecule has 2 N–H and O–H groups in total. The first kappa shape index (κ1) is 15.2. The molecule has 2 aromatic carbocycles. The van der Waals surface area contributed by atoms with E-state index in [1.165, 1.54) is 0 Å². The van der Waals surface area contributed by atoms with Crippen LogP contribution < -0.4 is 0 Å². The van der Waals surface area contributed by atoms with E-state index in [0.29, 0.717) is 16.7 Å². The second kappa shape index (κ2) is 6.58. The summed E-state index contributed by atoms with van der Waals surface area (Å²) in [6.45, 7) is 0. The predicted molar refractivity (Wildman–Crippen MR) is 87.4 cm³/mol. The van der Waals surface area contributed by atoms with E-state index < -0.39 is 5.97 Å². The molecule has 0 amide bonds. The molecule has 1 heterocycles. The summed E-state index contributed by atoms with van der Waals surface area (Å²) in [6.07, 6.45) is 0. The molecule has 23 heavy (non-hydrogen) atoms. The average Bonchev–Trinajstić information content (AvgIpc) is 2.99. The van der Waals surface area contributed by atoms with Gasteiger partial charge >= 0.3 is 5.97 Å². The van der Waals surface area contributed by atoms with Crippen LogP contribution in [0.25, 0.3) is 22.6 Å². The van der Waals surface area contributed by atoms with Crippen molar-refractivity contribution in [1.29, 1.82) is 0 Å².